The van der Waals surface area contributed by atoms with E-state index in [1.54, 1.807) is 0 Å². The predicted octanol–water partition coefficient (Wildman–Crippen LogP) is 2.76. The normalized spacial score (nSPS) is 37.1. The van der Waals surface area contributed by atoms with E-state index in [0.29, 0.717) is 24.0 Å². The summed E-state index contributed by atoms with van der Waals surface area (Å²) in [4.78, 5) is 12.2. The molecule has 0 bridgehead atoms. The molecule has 0 saturated heterocycles. The number of carbonyl (C=O) groups is 1. The first-order chi connectivity index (χ1) is 7.56. The summed E-state index contributed by atoms with van der Waals surface area (Å²) >= 11 is 0. The Bertz CT molecular complexity index is 249. The molecule has 2 nitrogen and oxygen atoms in total. The quantitative estimate of drug-likeness (QED) is 0.796. The van der Waals surface area contributed by atoms with Crippen LogP contribution in [0.4, 0.5) is 0 Å². The van der Waals surface area contributed by atoms with Gasteiger partial charge in [-0.05, 0) is 49.9 Å². The molecule has 0 spiro atoms. The second kappa shape index (κ2) is 4.87. The van der Waals surface area contributed by atoms with Gasteiger partial charge in [0, 0.05) is 18.4 Å². The lowest BCUT2D eigenvalue weighted by Crippen LogP contribution is -2.32. The molecule has 2 rings (SSSR count). The van der Waals surface area contributed by atoms with Crippen LogP contribution in [0.5, 0.6) is 0 Å². The molecule has 2 fully saturated rings. The van der Waals surface area contributed by atoms with E-state index in [9.17, 15) is 4.79 Å². The Morgan fingerprint density at radius 2 is 1.75 bits per heavy atom. The summed E-state index contributed by atoms with van der Waals surface area (Å²) in [5.74, 6) is 2.84. The molecule has 0 aliphatic heterocycles. The van der Waals surface area contributed by atoms with Gasteiger partial charge < -0.3 is 5.73 Å². The van der Waals surface area contributed by atoms with Crippen LogP contribution in [0.3, 0.4) is 0 Å². The third-order valence-corrected chi connectivity index (χ3v) is 4.30. The molecule has 0 radical (unpaired) electrons. The van der Waals surface area contributed by atoms with Crippen LogP contribution in [0, 0.1) is 23.7 Å². The summed E-state index contributed by atoms with van der Waals surface area (Å²) in [5, 5.41) is 0. The second-order valence-corrected chi connectivity index (χ2v) is 6.29. The molecule has 0 aromatic carbocycles. The molecule has 92 valence electrons. The van der Waals surface area contributed by atoms with Crippen molar-refractivity contribution in [2.75, 3.05) is 0 Å². The van der Waals surface area contributed by atoms with Crippen molar-refractivity contribution in [2.45, 2.75) is 58.4 Å². The summed E-state index contributed by atoms with van der Waals surface area (Å²) in [6, 6.07) is 0.153. The topological polar surface area (TPSA) is 43.1 Å². The lowest BCUT2D eigenvalue weighted by atomic mass is 9.74. The molecular weight excluding hydrogens is 198 g/mol. The maximum Gasteiger partial charge on any atom is 0.137 e. The average molecular weight is 223 g/mol. The molecular formula is C14H25NO. The lowest BCUT2D eigenvalue weighted by Gasteiger charge is -2.31. The second-order valence-electron chi connectivity index (χ2n) is 6.29. The molecule has 16 heavy (non-hydrogen) atoms. The van der Waals surface area contributed by atoms with Crippen LogP contribution in [-0.2, 0) is 4.79 Å². The van der Waals surface area contributed by atoms with E-state index in [1.807, 2.05) is 0 Å². The fraction of sp³-hybridized carbons (Fsp3) is 0.929. The Kier molecular flexibility index (Phi) is 3.68. The third kappa shape index (κ3) is 3.07. The molecule has 0 aromatic rings. The van der Waals surface area contributed by atoms with Crippen LogP contribution in [0.2, 0.25) is 0 Å². The van der Waals surface area contributed by atoms with Crippen LogP contribution in [-0.4, -0.2) is 11.8 Å². The van der Waals surface area contributed by atoms with Gasteiger partial charge in [-0.25, -0.2) is 0 Å². The lowest BCUT2D eigenvalue weighted by molar-refractivity contribution is -0.125. The number of Topliss-reactive ketones (excluding diaryl/α,β-unsaturated/α-hetero) is 1. The van der Waals surface area contributed by atoms with Crippen molar-refractivity contribution in [1.29, 1.82) is 0 Å². The molecule has 0 aromatic heterocycles. The zero-order chi connectivity index (χ0) is 11.7. The SMILES string of the molecule is CC1CC(C)CC(C(=O)CC(N)C2CC2)C1. The minimum absolute atomic E-state index is 0.153. The van der Waals surface area contributed by atoms with Crippen molar-refractivity contribution in [3.05, 3.63) is 0 Å². The van der Waals surface area contributed by atoms with E-state index < -0.39 is 0 Å². The summed E-state index contributed by atoms with van der Waals surface area (Å²) in [6.45, 7) is 4.55. The zero-order valence-electron chi connectivity index (χ0n) is 10.6. The highest BCUT2D eigenvalue weighted by molar-refractivity contribution is 5.81. The molecule has 2 aliphatic carbocycles. The maximum absolute atomic E-state index is 12.2. The zero-order valence-corrected chi connectivity index (χ0v) is 10.6. The molecule has 0 amide bonds. The van der Waals surface area contributed by atoms with Gasteiger partial charge in [0.1, 0.15) is 5.78 Å². The van der Waals surface area contributed by atoms with Gasteiger partial charge in [-0.1, -0.05) is 13.8 Å². The van der Waals surface area contributed by atoms with Crippen LogP contribution in [0.15, 0.2) is 0 Å². The summed E-state index contributed by atoms with van der Waals surface area (Å²) in [7, 11) is 0. The van der Waals surface area contributed by atoms with E-state index in [2.05, 4.69) is 13.8 Å². The van der Waals surface area contributed by atoms with Crippen LogP contribution in [0.1, 0.15) is 52.4 Å². The minimum atomic E-state index is 0.153. The first-order valence-electron chi connectivity index (χ1n) is 6.84. The number of hydrogen-bond acceptors (Lipinski definition) is 2. The average Bonchev–Trinajstić information content (AvgIpc) is 2.98. The van der Waals surface area contributed by atoms with Gasteiger partial charge in [0.25, 0.3) is 0 Å². The van der Waals surface area contributed by atoms with Gasteiger partial charge in [-0.2, -0.15) is 0 Å². The van der Waals surface area contributed by atoms with E-state index in [4.69, 9.17) is 5.73 Å². The Hall–Kier alpha value is -0.370. The fourth-order valence-corrected chi connectivity index (χ4v) is 3.30. The van der Waals surface area contributed by atoms with Crippen LogP contribution in [0.25, 0.3) is 0 Å². The van der Waals surface area contributed by atoms with Gasteiger partial charge in [0.15, 0.2) is 0 Å². The van der Waals surface area contributed by atoms with Crippen molar-refractivity contribution < 1.29 is 4.79 Å². The van der Waals surface area contributed by atoms with Crippen molar-refractivity contribution in [3.8, 4) is 0 Å². The van der Waals surface area contributed by atoms with Gasteiger partial charge in [0.05, 0.1) is 0 Å². The van der Waals surface area contributed by atoms with Crippen molar-refractivity contribution >= 4 is 5.78 Å². The van der Waals surface area contributed by atoms with E-state index in [-0.39, 0.29) is 6.04 Å². The van der Waals surface area contributed by atoms with Crippen LogP contribution >= 0.6 is 0 Å². The highest BCUT2D eigenvalue weighted by atomic mass is 16.1. The summed E-state index contributed by atoms with van der Waals surface area (Å²) in [5.41, 5.74) is 6.04. The van der Waals surface area contributed by atoms with E-state index in [0.717, 1.165) is 24.7 Å². The molecule has 0 heterocycles. The molecule has 2 aliphatic rings. The predicted molar refractivity (Wildman–Crippen MR) is 66.0 cm³/mol. The standard InChI is InChI=1S/C14H25NO/c1-9-5-10(2)7-12(6-9)14(16)8-13(15)11-3-4-11/h9-13H,3-8,15H2,1-2H3. The van der Waals surface area contributed by atoms with Crippen molar-refractivity contribution in [2.24, 2.45) is 29.4 Å². The number of rotatable bonds is 4. The largest absolute Gasteiger partial charge is 0.327 e. The number of ketones is 1. The number of carbonyl (C=O) groups excluding carboxylic acids is 1. The van der Waals surface area contributed by atoms with Crippen LogP contribution < -0.4 is 5.73 Å². The minimum Gasteiger partial charge on any atom is -0.327 e. The smallest absolute Gasteiger partial charge is 0.137 e. The Labute approximate surface area is 99.0 Å². The molecule has 2 saturated carbocycles. The van der Waals surface area contributed by atoms with Gasteiger partial charge >= 0.3 is 0 Å². The monoisotopic (exact) mass is 223 g/mol. The first-order valence-corrected chi connectivity index (χ1v) is 6.84. The Balaban J connectivity index is 1.83. The third-order valence-electron chi connectivity index (χ3n) is 4.30. The summed E-state index contributed by atoms with van der Waals surface area (Å²) in [6.07, 6.45) is 6.60. The van der Waals surface area contributed by atoms with Crippen molar-refractivity contribution in [3.63, 3.8) is 0 Å². The Morgan fingerprint density at radius 1 is 1.19 bits per heavy atom. The number of hydrogen-bond donors (Lipinski definition) is 1. The van der Waals surface area contributed by atoms with Gasteiger partial charge in [0.2, 0.25) is 0 Å². The highest BCUT2D eigenvalue weighted by Gasteiger charge is 2.33. The highest BCUT2D eigenvalue weighted by Crippen LogP contribution is 2.36. The summed E-state index contributed by atoms with van der Waals surface area (Å²) < 4.78 is 0. The molecule has 3 unspecified atom stereocenters. The van der Waals surface area contributed by atoms with E-state index >= 15 is 0 Å². The molecule has 2 heteroatoms. The van der Waals surface area contributed by atoms with Crippen molar-refractivity contribution in [1.82, 2.24) is 0 Å². The fourth-order valence-electron chi connectivity index (χ4n) is 3.30. The maximum atomic E-state index is 12.2. The first kappa shape index (κ1) is 12.1. The van der Waals surface area contributed by atoms with Gasteiger partial charge in [-0.15, -0.1) is 0 Å². The Morgan fingerprint density at radius 3 is 2.25 bits per heavy atom. The van der Waals surface area contributed by atoms with E-state index in [1.165, 1.54) is 19.3 Å². The molecule has 2 N–H and O–H groups in total. The number of nitrogens with two attached hydrogens (primary N) is 1. The molecule has 3 atom stereocenters. The van der Waals surface area contributed by atoms with Gasteiger partial charge in [-0.3, -0.25) is 4.79 Å².